The van der Waals surface area contributed by atoms with Crippen LogP contribution in [0.3, 0.4) is 0 Å². The Hall–Kier alpha value is -3.99. The fraction of sp³-hybridized carbons (Fsp3) is 0.346. The van der Waals surface area contributed by atoms with E-state index in [2.05, 4.69) is 54.1 Å². The lowest BCUT2D eigenvalue weighted by atomic mass is 10.2. The van der Waals surface area contributed by atoms with Gasteiger partial charge in [-0.25, -0.2) is 8.78 Å². The van der Waals surface area contributed by atoms with Crippen LogP contribution in [0.25, 0.3) is 17.0 Å². The SMILES string of the molecule is C/C=C/c1cc(Nc2cc(N3CCN(C(C)C)CC3)nc(Oc3cc(F)c4[nH]c(C)cc4c3F)n2)n[nH]1. The quantitative estimate of drug-likeness (QED) is 0.309. The molecule has 3 N–H and O–H groups in total. The number of ether oxygens (including phenoxy) is 1. The van der Waals surface area contributed by atoms with Crippen molar-refractivity contribution in [1.29, 1.82) is 0 Å². The van der Waals surface area contributed by atoms with E-state index in [0.717, 1.165) is 37.9 Å². The molecule has 3 aromatic heterocycles. The molecule has 9 nitrogen and oxygen atoms in total. The Labute approximate surface area is 213 Å². The predicted octanol–water partition coefficient (Wildman–Crippen LogP) is 5.37. The second-order valence-electron chi connectivity index (χ2n) is 9.36. The minimum Gasteiger partial charge on any atom is -0.421 e. The standard InChI is InChI=1S/C26H30F2N8O/c1-5-6-17-12-22(34-33-17)30-21-14-23(36-9-7-35(8-10-36)15(2)3)32-26(31-21)37-20-13-19(27)25-18(24(20)28)11-16(4)29-25/h5-6,11-15,29H,7-10H2,1-4H3,(H2,30,31,32,33,34)/b6-5+. The molecule has 0 atom stereocenters. The van der Waals surface area contributed by atoms with Gasteiger partial charge in [0.2, 0.25) is 0 Å². The second-order valence-corrected chi connectivity index (χ2v) is 9.36. The number of aromatic nitrogens is 5. The molecule has 4 heterocycles. The summed E-state index contributed by atoms with van der Waals surface area (Å²) in [4.78, 5) is 16.3. The van der Waals surface area contributed by atoms with Crippen molar-refractivity contribution in [3.05, 3.63) is 53.4 Å². The van der Waals surface area contributed by atoms with Crippen molar-refractivity contribution in [3.63, 3.8) is 0 Å². The first kappa shape index (κ1) is 24.7. The Morgan fingerprint density at radius 1 is 1.05 bits per heavy atom. The van der Waals surface area contributed by atoms with Gasteiger partial charge in [-0.2, -0.15) is 15.1 Å². The number of nitrogens with zero attached hydrogens (tertiary/aromatic N) is 5. The minimum atomic E-state index is -0.682. The molecule has 0 amide bonds. The number of nitrogens with one attached hydrogen (secondary N) is 3. The lowest BCUT2D eigenvalue weighted by Gasteiger charge is -2.37. The third kappa shape index (κ3) is 5.26. The summed E-state index contributed by atoms with van der Waals surface area (Å²) < 4.78 is 35.7. The Morgan fingerprint density at radius 2 is 1.84 bits per heavy atom. The van der Waals surface area contributed by atoms with Crippen LogP contribution >= 0.6 is 0 Å². The molecule has 0 radical (unpaired) electrons. The number of aryl methyl sites for hydroxylation is 1. The second kappa shape index (κ2) is 10.2. The van der Waals surface area contributed by atoms with E-state index < -0.39 is 11.6 Å². The van der Waals surface area contributed by atoms with Crippen LogP contribution in [0, 0.1) is 18.6 Å². The van der Waals surface area contributed by atoms with E-state index in [1.807, 2.05) is 25.1 Å². The van der Waals surface area contributed by atoms with Gasteiger partial charge in [0.1, 0.15) is 11.6 Å². The van der Waals surface area contributed by atoms with Crippen LogP contribution in [0.2, 0.25) is 0 Å². The summed E-state index contributed by atoms with van der Waals surface area (Å²) in [7, 11) is 0. The van der Waals surface area contributed by atoms with Crippen LogP contribution in [0.15, 0.2) is 30.3 Å². The first-order valence-corrected chi connectivity index (χ1v) is 12.3. The van der Waals surface area contributed by atoms with E-state index >= 15 is 4.39 Å². The molecule has 1 aliphatic heterocycles. The average Bonchev–Trinajstić information content (AvgIpc) is 3.49. The summed E-state index contributed by atoms with van der Waals surface area (Å²) >= 11 is 0. The van der Waals surface area contributed by atoms with Gasteiger partial charge in [0.25, 0.3) is 0 Å². The van der Waals surface area contributed by atoms with Crippen LogP contribution in [0.1, 0.15) is 32.2 Å². The van der Waals surface area contributed by atoms with Gasteiger partial charge < -0.3 is 19.9 Å². The smallest absolute Gasteiger partial charge is 0.326 e. The number of anilines is 3. The molecule has 1 aromatic carbocycles. The molecule has 194 valence electrons. The summed E-state index contributed by atoms with van der Waals surface area (Å²) in [5.41, 5.74) is 1.57. The monoisotopic (exact) mass is 508 g/mol. The van der Waals surface area contributed by atoms with Crippen LogP contribution in [-0.2, 0) is 0 Å². The fourth-order valence-corrected chi connectivity index (χ4v) is 4.46. The van der Waals surface area contributed by atoms with Gasteiger partial charge >= 0.3 is 6.01 Å². The maximum absolute atomic E-state index is 15.2. The molecule has 1 saturated heterocycles. The number of benzene rings is 1. The highest BCUT2D eigenvalue weighted by atomic mass is 19.1. The Kier molecular flexibility index (Phi) is 6.79. The molecular formula is C26H30F2N8O. The Balaban J connectivity index is 1.48. The molecule has 0 spiro atoms. The van der Waals surface area contributed by atoms with E-state index in [4.69, 9.17) is 4.74 Å². The number of hydrogen-bond donors (Lipinski definition) is 3. The van der Waals surface area contributed by atoms with E-state index in [1.165, 1.54) is 0 Å². The molecule has 0 bridgehead atoms. The van der Waals surface area contributed by atoms with E-state index in [9.17, 15) is 4.39 Å². The molecule has 5 rings (SSSR count). The zero-order valence-electron chi connectivity index (χ0n) is 21.3. The van der Waals surface area contributed by atoms with E-state index in [0.29, 0.717) is 29.2 Å². The average molecular weight is 509 g/mol. The number of hydrogen-bond acceptors (Lipinski definition) is 7. The van der Waals surface area contributed by atoms with Crippen LogP contribution < -0.4 is 15.0 Å². The Morgan fingerprint density at radius 3 is 2.57 bits per heavy atom. The normalized spacial score (nSPS) is 14.8. The molecule has 37 heavy (non-hydrogen) atoms. The zero-order chi connectivity index (χ0) is 26.1. The summed E-state index contributed by atoms with van der Waals surface area (Å²) in [6.45, 7) is 11.3. The van der Waals surface area contributed by atoms with Crippen LogP contribution in [-0.4, -0.2) is 62.3 Å². The van der Waals surface area contributed by atoms with Crippen LogP contribution in [0.4, 0.5) is 26.2 Å². The topological polar surface area (TPSA) is 98.0 Å². The molecule has 11 heteroatoms. The van der Waals surface area contributed by atoms with E-state index in [-0.39, 0.29) is 22.7 Å². The number of H-pyrrole nitrogens is 2. The molecule has 4 aromatic rings. The molecular weight excluding hydrogens is 478 g/mol. The van der Waals surface area contributed by atoms with Crippen molar-refractivity contribution in [3.8, 4) is 11.8 Å². The number of rotatable bonds is 7. The molecule has 1 aliphatic rings. The molecule has 0 aliphatic carbocycles. The number of halogens is 2. The highest BCUT2D eigenvalue weighted by Crippen LogP contribution is 2.33. The van der Waals surface area contributed by atoms with Crippen molar-refractivity contribution < 1.29 is 13.5 Å². The minimum absolute atomic E-state index is 0.0952. The summed E-state index contributed by atoms with van der Waals surface area (Å²) in [6.07, 6.45) is 3.79. The van der Waals surface area contributed by atoms with Crippen molar-refractivity contribution in [1.82, 2.24) is 30.0 Å². The Bertz CT molecular complexity index is 1440. The summed E-state index contributed by atoms with van der Waals surface area (Å²) in [6, 6.07) is 6.55. The maximum Gasteiger partial charge on any atom is 0.326 e. The van der Waals surface area contributed by atoms with Crippen molar-refractivity contribution in [2.45, 2.75) is 33.7 Å². The third-order valence-electron chi connectivity index (χ3n) is 6.36. The lowest BCUT2D eigenvalue weighted by Crippen LogP contribution is -2.49. The molecule has 0 saturated carbocycles. The molecule has 0 unspecified atom stereocenters. The first-order chi connectivity index (χ1) is 17.8. The highest BCUT2D eigenvalue weighted by molar-refractivity contribution is 5.83. The third-order valence-corrected chi connectivity index (χ3v) is 6.36. The van der Waals surface area contributed by atoms with Crippen LogP contribution in [0.5, 0.6) is 11.8 Å². The van der Waals surface area contributed by atoms with Crippen molar-refractivity contribution in [2.24, 2.45) is 0 Å². The largest absolute Gasteiger partial charge is 0.421 e. The lowest BCUT2D eigenvalue weighted by molar-refractivity contribution is 0.209. The van der Waals surface area contributed by atoms with Gasteiger partial charge in [0, 0.05) is 61.5 Å². The van der Waals surface area contributed by atoms with Gasteiger partial charge in [-0.1, -0.05) is 6.08 Å². The first-order valence-electron chi connectivity index (χ1n) is 12.3. The van der Waals surface area contributed by atoms with Gasteiger partial charge in [-0.3, -0.25) is 10.00 Å². The van der Waals surface area contributed by atoms with Gasteiger partial charge in [-0.05, 0) is 39.8 Å². The number of allylic oxidation sites excluding steroid dienone is 1. The van der Waals surface area contributed by atoms with E-state index in [1.54, 1.807) is 19.1 Å². The number of aromatic amines is 2. The summed E-state index contributed by atoms with van der Waals surface area (Å²) in [5, 5.41) is 10.4. The molecule has 1 fully saturated rings. The highest BCUT2D eigenvalue weighted by Gasteiger charge is 2.23. The van der Waals surface area contributed by atoms with Crippen molar-refractivity contribution in [2.75, 3.05) is 36.4 Å². The number of piperazine rings is 1. The number of fused-ring (bicyclic) bond motifs is 1. The maximum atomic E-state index is 15.2. The van der Waals surface area contributed by atoms with Gasteiger partial charge in [-0.15, -0.1) is 0 Å². The fourth-order valence-electron chi connectivity index (χ4n) is 4.46. The van der Waals surface area contributed by atoms with Gasteiger partial charge in [0.05, 0.1) is 11.2 Å². The predicted molar refractivity (Wildman–Crippen MR) is 141 cm³/mol. The van der Waals surface area contributed by atoms with Crippen molar-refractivity contribution >= 4 is 34.4 Å². The summed E-state index contributed by atoms with van der Waals surface area (Å²) in [5.74, 6) is 0.00964. The zero-order valence-corrected chi connectivity index (χ0v) is 21.3. The van der Waals surface area contributed by atoms with Gasteiger partial charge in [0.15, 0.2) is 23.2 Å².